The molecule has 0 aromatic rings. The van der Waals surface area contributed by atoms with Crippen molar-refractivity contribution < 1.29 is 9.59 Å². The standard InChI is InChI=1S/C14H25N3O2/c1-10-9-12(3-6-16-10)14(19)17-7-4-11(5-8-17)13(18)15-2/h10-12,16H,3-9H2,1-2H3,(H,15,18). The molecular formula is C14H25N3O2. The fourth-order valence-electron chi connectivity index (χ4n) is 3.18. The largest absolute Gasteiger partial charge is 0.359 e. The molecule has 2 aliphatic rings. The van der Waals surface area contributed by atoms with Crippen molar-refractivity contribution in [2.24, 2.45) is 11.8 Å². The Bertz CT molecular complexity index is 338. The lowest BCUT2D eigenvalue weighted by Gasteiger charge is -2.36. The molecule has 5 heteroatoms. The Morgan fingerprint density at radius 3 is 2.42 bits per heavy atom. The topological polar surface area (TPSA) is 61.4 Å². The third-order valence-electron chi connectivity index (χ3n) is 4.40. The number of rotatable bonds is 2. The van der Waals surface area contributed by atoms with Crippen LogP contribution in [0.5, 0.6) is 0 Å². The molecule has 0 aromatic heterocycles. The van der Waals surface area contributed by atoms with E-state index in [9.17, 15) is 9.59 Å². The van der Waals surface area contributed by atoms with Gasteiger partial charge in [-0.3, -0.25) is 9.59 Å². The number of carbonyl (C=O) groups is 2. The molecule has 2 heterocycles. The van der Waals surface area contributed by atoms with E-state index < -0.39 is 0 Å². The smallest absolute Gasteiger partial charge is 0.225 e. The summed E-state index contributed by atoms with van der Waals surface area (Å²) in [5, 5.41) is 6.07. The molecule has 5 nitrogen and oxygen atoms in total. The summed E-state index contributed by atoms with van der Waals surface area (Å²) in [5.41, 5.74) is 0. The molecule has 108 valence electrons. The van der Waals surface area contributed by atoms with Gasteiger partial charge in [0.15, 0.2) is 0 Å². The van der Waals surface area contributed by atoms with E-state index >= 15 is 0 Å². The van der Waals surface area contributed by atoms with Crippen molar-refractivity contribution >= 4 is 11.8 Å². The molecule has 2 fully saturated rings. The monoisotopic (exact) mass is 267 g/mol. The molecule has 2 saturated heterocycles. The number of hydrogen-bond acceptors (Lipinski definition) is 3. The summed E-state index contributed by atoms with van der Waals surface area (Å²) in [6, 6.07) is 0.436. The van der Waals surface area contributed by atoms with Gasteiger partial charge < -0.3 is 15.5 Å². The molecule has 19 heavy (non-hydrogen) atoms. The molecule has 0 saturated carbocycles. The Labute approximate surface area is 115 Å². The van der Waals surface area contributed by atoms with E-state index in [2.05, 4.69) is 17.6 Å². The van der Waals surface area contributed by atoms with Gasteiger partial charge in [-0.25, -0.2) is 0 Å². The zero-order chi connectivity index (χ0) is 13.8. The number of likely N-dealkylation sites (tertiary alicyclic amines) is 1. The van der Waals surface area contributed by atoms with E-state index in [1.165, 1.54) is 0 Å². The minimum Gasteiger partial charge on any atom is -0.359 e. The van der Waals surface area contributed by atoms with Crippen LogP contribution in [0.1, 0.15) is 32.6 Å². The average Bonchev–Trinajstić information content (AvgIpc) is 2.46. The highest BCUT2D eigenvalue weighted by Crippen LogP contribution is 2.23. The summed E-state index contributed by atoms with van der Waals surface area (Å²) in [6.07, 6.45) is 3.48. The van der Waals surface area contributed by atoms with Crippen LogP contribution in [-0.4, -0.2) is 49.4 Å². The van der Waals surface area contributed by atoms with Crippen molar-refractivity contribution in [3.05, 3.63) is 0 Å². The van der Waals surface area contributed by atoms with E-state index in [1.54, 1.807) is 7.05 Å². The van der Waals surface area contributed by atoms with Crippen molar-refractivity contribution in [3.63, 3.8) is 0 Å². The summed E-state index contributed by atoms with van der Waals surface area (Å²) < 4.78 is 0. The summed E-state index contributed by atoms with van der Waals surface area (Å²) in [6.45, 7) is 4.54. The maximum atomic E-state index is 12.4. The van der Waals surface area contributed by atoms with Crippen LogP contribution in [0.3, 0.4) is 0 Å². The van der Waals surface area contributed by atoms with E-state index in [0.29, 0.717) is 11.9 Å². The van der Waals surface area contributed by atoms with Crippen molar-refractivity contribution in [2.45, 2.75) is 38.6 Å². The highest BCUT2D eigenvalue weighted by Gasteiger charge is 2.32. The second kappa shape index (κ2) is 6.37. The van der Waals surface area contributed by atoms with Crippen LogP contribution in [0.15, 0.2) is 0 Å². The van der Waals surface area contributed by atoms with Crippen molar-refractivity contribution in [1.82, 2.24) is 15.5 Å². The first kappa shape index (κ1) is 14.3. The zero-order valence-electron chi connectivity index (χ0n) is 11.9. The number of amides is 2. The van der Waals surface area contributed by atoms with Crippen LogP contribution in [0, 0.1) is 11.8 Å². The Kier molecular flexibility index (Phi) is 4.80. The normalized spacial score (nSPS) is 29.1. The molecule has 0 aromatic carbocycles. The lowest BCUT2D eigenvalue weighted by atomic mass is 9.90. The summed E-state index contributed by atoms with van der Waals surface area (Å²) in [4.78, 5) is 26.0. The van der Waals surface area contributed by atoms with Crippen LogP contribution in [-0.2, 0) is 9.59 Å². The number of carbonyl (C=O) groups excluding carboxylic acids is 2. The third-order valence-corrected chi connectivity index (χ3v) is 4.40. The van der Waals surface area contributed by atoms with Crippen molar-refractivity contribution in [3.8, 4) is 0 Å². The molecule has 0 aliphatic carbocycles. The first-order valence-corrected chi connectivity index (χ1v) is 7.35. The van der Waals surface area contributed by atoms with E-state index in [1.807, 2.05) is 4.90 Å². The molecule has 2 unspecified atom stereocenters. The molecule has 2 aliphatic heterocycles. The fourth-order valence-corrected chi connectivity index (χ4v) is 3.18. The van der Waals surface area contributed by atoms with Crippen molar-refractivity contribution in [1.29, 1.82) is 0 Å². The van der Waals surface area contributed by atoms with Gasteiger partial charge in [0, 0.05) is 38.0 Å². The maximum Gasteiger partial charge on any atom is 0.225 e. The van der Waals surface area contributed by atoms with Gasteiger partial charge >= 0.3 is 0 Å². The lowest BCUT2D eigenvalue weighted by Crippen LogP contribution is -2.47. The molecule has 2 rings (SSSR count). The molecule has 0 bridgehead atoms. The summed E-state index contributed by atoms with van der Waals surface area (Å²) in [5.74, 6) is 0.667. The Morgan fingerprint density at radius 2 is 1.84 bits per heavy atom. The molecule has 2 N–H and O–H groups in total. The van der Waals surface area contributed by atoms with Crippen molar-refractivity contribution in [2.75, 3.05) is 26.7 Å². The van der Waals surface area contributed by atoms with Crippen LogP contribution < -0.4 is 10.6 Å². The van der Waals surface area contributed by atoms with E-state index in [0.717, 1.165) is 45.3 Å². The third kappa shape index (κ3) is 3.47. The van der Waals surface area contributed by atoms with Gasteiger partial charge in [0.2, 0.25) is 11.8 Å². The van der Waals surface area contributed by atoms with Gasteiger partial charge in [-0.05, 0) is 39.2 Å². The summed E-state index contributed by atoms with van der Waals surface area (Å²) >= 11 is 0. The highest BCUT2D eigenvalue weighted by atomic mass is 16.2. The van der Waals surface area contributed by atoms with Crippen LogP contribution in [0.2, 0.25) is 0 Å². The fraction of sp³-hybridized carbons (Fsp3) is 0.857. The quantitative estimate of drug-likeness (QED) is 0.759. The minimum absolute atomic E-state index is 0.0843. The lowest BCUT2D eigenvalue weighted by molar-refractivity contribution is -0.140. The number of nitrogens with zero attached hydrogens (tertiary/aromatic N) is 1. The van der Waals surface area contributed by atoms with Crippen LogP contribution in [0.25, 0.3) is 0 Å². The first-order valence-electron chi connectivity index (χ1n) is 7.35. The second-order valence-corrected chi connectivity index (χ2v) is 5.79. The highest BCUT2D eigenvalue weighted by molar-refractivity contribution is 5.81. The van der Waals surface area contributed by atoms with E-state index in [4.69, 9.17) is 0 Å². The molecule has 0 radical (unpaired) electrons. The maximum absolute atomic E-state index is 12.4. The van der Waals surface area contributed by atoms with Gasteiger partial charge in [-0.2, -0.15) is 0 Å². The first-order chi connectivity index (χ1) is 9.11. The predicted molar refractivity (Wildman–Crippen MR) is 73.6 cm³/mol. The molecule has 2 amide bonds. The number of nitrogens with one attached hydrogen (secondary N) is 2. The minimum atomic E-state index is 0.0843. The van der Waals surface area contributed by atoms with Crippen LogP contribution >= 0.6 is 0 Å². The average molecular weight is 267 g/mol. The molecular weight excluding hydrogens is 242 g/mol. The van der Waals surface area contributed by atoms with Crippen LogP contribution in [0.4, 0.5) is 0 Å². The van der Waals surface area contributed by atoms with Gasteiger partial charge in [-0.15, -0.1) is 0 Å². The SMILES string of the molecule is CNC(=O)C1CCN(C(=O)C2CCNC(C)C2)CC1. The van der Waals surface area contributed by atoms with Gasteiger partial charge in [0.1, 0.15) is 0 Å². The Balaban J connectivity index is 1.83. The Morgan fingerprint density at radius 1 is 1.16 bits per heavy atom. The predicted octanol–water partition coefficient (Wildman–Crippen LogP) is 0.359. The zero-order valence-corrected chi connectivity index (χ0v) is 11.9. The molecule has 0 spiro atoms. The second-order valence-electron chi connectivity index (χ2n) is 5.79. The van der Waals surface area contributed by atoms with E-state index in [-0.39, 0.29) is 17.7 Å². The number of piperidine rings is 2. The summed E-state index contributed by atoms with van der Waals surface area (Å²) in [7, 11) is 1.68. The van der Waals surface area contributed by atoms with Gasteiger partial charge in [0.05, 0.1) is 0 Å². The van der Waals surface area contributed by atoms with Gasteiger partial charge in [-0.1, -0.05) is 0 Å². The molecule has 2 atom stereocenters. The van der Waals surface area contributed by atoms with Gasteiger partial charge in [0.25, 0.3) is 0 Å². The Hall–Kier alpha value is -1.10. The number of hydrogen-bond donors (Lipinski definition) is 2.